The van der Waals surface area contributed by atoms with Crippen LogP contribution in [0, 0.1) is 0 Å². The van der Waals surface area contributed by atoms with Crippen LogP contribution in [0.4, 0.5) is 24.8 Å². The second-order valence-electron chi connectivity index (χ2n) is 5.15. The van der Waals surface area contributed by atoms with Gasteiger partial charge in [-0.2, -0.15) is 13.2 Å². The van der Waals surface area contributed by atoms with Crippen LogP contribution >= 0.6 is 0 Å². The fourth-order valence-corrected chi connectivity index (χ4v) is 2.42. The number of nitrogens with one attached hydrogen (secondary N) is 1. The number of hydrogen-bond donors (Lipinski definition) is 2. The summed E-state index contributed by atoms with van der Waals surface area (Å²) < 4.78 is 38.0. The molecule has 112 valence electrons. The average molecular weight is 289 g/mol. The molecule has 0 amide bonds. The molecule has 0 saturated carbocycles. The predicted octanol–water partition coefficient (Wildman–Crippen LogP) is 2.67. The number of anilines is 2. The minimum Gasteiger partial charge on any atom is -0.384 e. The Hall–Kier alpha value is -1.57. The van der Waals surface area contributed by atoms with Crippen LogP contribution in [0.3, 0.4) is 0 Å². The fourth-order valence-electron chi connectivity index (χ4n) is 2.42. The molecule has 8 heteroatoms. The van der Waals surface area contributed by atoms with Crippen LogP contribution in [-0.4, -0.2) is 27.1 Å². The lowest BCUT2D eigenvalue weighted by atomic mass is 10.00. The summed E-state index contributed by atoms with van der Waals surface area (Å²) in [6.07, 6.45) is -1.51. The average Bonchev–Trinajstić information content (AvgIpc) is 2.32. The van der Waals surface area contributed by atoms with E-state index < -0.39 is 12.0 Å². The van der Waals surface area contributed by atoms with Gasteiger partial charge in [-0.3, -0.25) is 0 Å². The molecule has 1 aromatic heterocycles. The highest BCUT2D eigenvalue weighted by atomic mass is 19.4. The highest BCUT2D eigenvalue weighted by Gasteiger charge is 2.35. The Balaban J connectivity index is 2.22. The van der Waals surface area contributed by atoms with Crippen molar-refractivity contribution in [2.45, 2.75) is 51.4 Å². The molecule has 3 N–H and O–H groups in total. The van der Waals surface area contributed by atoms with E-state index in [-0.39, 0.29) is 23.7 Å². The van der Waals surface area contributed by atoms with Gasteiger partial charge in [0.15, 0.2) is 0 Å². The van der Waals surface area contributed by atoms with E-state index in [2.05, 4.69) is 15.4 Å². The smallest absolute Gasteiger partial charge is 0.384 e. The Morgan fingerprint density at radius 1 is 1.25 bits per heavy atom. The van der Waals surface area contributed by atoms with Gasteiger partial charge in [0.05, 0.1) is 0 Å². The van der Waals surface area contributed by atoms with Crippen molar-refractivity contribution in [3.05, 3.63) is 11.9 Å². The fraction of sp³-hybridized carbons (Fsp3) is 0.667. The molecule has 2 atom stereocenters. The number of nitrogen functional groups attached to an aromatic ring is 1. The number of nitrogens with two attached hydrogens (primary N) is 1. The quantitative estimate of drug-likeness (QED) is 0.876. The van der Waals surface area contributed by atoms with Crippen LogP contribution in [-0.2, 0) is 6.18 Å². The summed E-state index contributed by atoms with van der Waals surface area (Å²) in [4.78, 5) is 6.72. The molecule has 0 radical (unpaired) electrons. The van der Waals surface area contributed by atoms with Gasteiger partial charge >= 0.3 is 6.18 Å². The number of hydrazine groups is 1. The highest BCUT2D eigenvalue weighted by molar-refractivity contribution is 5.44. The van der Waals surface area contributed by atoms with E-state index in [1.54, 1.807) is 0 Å². The first-order chi connectivity index (χ1) is 9.27. The summed E-state index contributed by atoms with van der Waals surface area (Å²) in [5, 5.41) is 1.92. The molecule has 5 nitrogen and oxygen atoms in total. The lowest BCUT2D eigenvalue weighted by molar-refractivity contribution is -0.144. The highest BCUT2D eigenvalue weighted by Crippen LogP contribution is 2.29. The molecule has 1 saturated heterocycles. The zero-order valence-electron chi connectivity index (χ0n) is 11.4. The Kier molecular flexibility index (Phi) is 4.03. The molecule has 1 aliphatic heterocycles. The Bertz CT molecular complexity index is 467. The maximum atomic E-state index is 12.7. The molecule has 2 rings (SSSR count). The van der Waals surface area contributed by atoms with Crippen molar-refractivity contribution in [1.82, 2.24) is 15.0 Å². The Labute approximate surface area is 115 Å². The van der Waals surface area contributed by atoms with Gasteiger partial charge < -0.3 is 11.2 Å². The van der Waals surface area contributed by atoms with E-state index in [1.165, 1.54) is 6.07 Å². The first-order valence-electron chi connectivity index (χ1n) is 6.54. The van der Waals surface area contributed by atoms with E-state index in [4.69, 9.17) is 5.73 Å². The topological polar surface area (TPSA) is 67.1 Å². The maximum Gasteiger partial charge on any atom is 0.451 e. The monoisotopic (exact) mass is 289 g/mol. The summed E-state index contributed by atoms with van der Waals surface area (Å²) in [6, 6.07) is 1.76. The maximum absolute atomic E-state index is 12.7. The van der Waals surface area contributed by atoms with Crippen molar-refractivity contribution in [2.75, 3.05) is 11.2 Å². The van der Waals surface area contributed by atoms with Crippen LogP contribution in [0.5, 0.6) is 0 Å². The van der Waals surface area contributed by atoms with Crippen molar-refractivity contribution in [3.8, 4) is 0 Å². The minimum absolute atomic E-state index is 0.0745. The first-order valence-corrected chi connectivity index (χ1v) is 6.54. The summed E-state index contributed by atoms with van der Waals surface area (Å²) >= 11 is 0. The third kappa shape index (κ3) is 3.30. The molecular weight excluding hydrogens is 271 g/mol. The molecule has 0 aliphatic carbocycles. The molecule has 20 heavy (non-hydrogen) atoms. The van der Waals surface area contributed by atoms with Gasteiger partial charge in [-0.25, -0.2) is 15.0 Å². The number of nitrogens with zero attached hydrogens (tertiary/aromatic N) is 3. The summed E-state index contributed by atoms with van der Waals surface area (Å²) in [6.45, 7) is 4.05. The molecule has 0 bridgehead atoms. The summed E-state index contributed by atoms with van der Waals surface area (Å²) in [5.74, 6) is -1.35. The van der Waals surface area contributed by atoms with E-state index in [0.717, 1.165) is 19.3 Å². The lowest BCUT2D eigenvalue weighted by Crippen LogP contribution is -2.47. The van der Waals surface area contributed by atoms with Crippen molar-refractivity contribution in [2.24, 2.45) is 0 Å². The van der Waals surface area contributed by atoms with Gasteiger partial charge in [0, 0.05) is 18.2 Å². The zero-order valence-corrected chi connectivity index (χ0v) is 11.4. The lowest BCUT2D eigenvalue weighted by Gasteiger charge is -2.39. The first kappa shape index (κ1) is 14.8. The van der Waals surface area contributed by atoms with Crippen LogP contribution < -0.4 is 11.2 Å². The molecule has 2 unspecified atom stereocenters. The molecule has 0 spiro atoms. The number of alkyl halides is 3. The standard InChI is InChI=1S/C12H18F3N5/c1-7-4-3-5-8(2)20(7)19-10-6-9(16)17-11(18-10)12(13,14)15/h6-8H,3-5H2,1-2H3,(H3,16,17,18,19). The van der Waals surface area contributed by atoms with Crippen molar-refractivity contribution in [1.29, 1.82) is 0 Å². The number of piperidine rings is 1. The molecule has 1 aromatic rings. The minimum atomic E-state index is -4.61. The Morgan fingerprint density at radius 2 is 1.85 bits per heavy atom. The van der Waals surface area contributed by atoms with E-state index >= 15 is 0 Å². The second kappa shape index (κ2) is 5.43. The SMILES string of the molecule is CC1CCCC(C)N1Nc1cc(N)nc(C(F)(F)F)n1. The van der Waals surface area contributed by atoms with Crippen molar-refractivity contribution < 1.29 is 13.2 Å². The van der Waals surface area contributed by atoms with Gasteiger partial charge in [-0.05, 0) is 26.7 Å². The molecule has 1 aliphatic rings. The van der Waals surface area contributed by atoms with Crippen LogP contribution in [0.2, 0.25) is 0 Å². The van der Waals surface area contributed by atoms with E-state index in [9.17, 15) is 13.2 Å². The van der Waals surface area contributed by atoms with E-state index in [1.807, 2.05) is 18.9 Å². The molecule has 0 aromatic carbocycles. The second-order valence-corrected chi connectivity index (χ2v) is 5.15. The van der Waals surface area contributed by atoms with Gasteiger partial charge in [-0.1, -0.05) is 6.42 Å². The third-order valence-electron chi connectivity index (χ3n) is 3.44. The van der Waals surface area contributed by atoms with Crippen LogP contribution in [0.1, 0.15) is 38.9 Å². The van der Waals surface area contributed by atoms with E-state index in [0.29, 0.717) is 0 Å². The largest absolute Gasteiger partial charge is 0.451 e. The predicted molar refractivity (Wildman–Crippen MR) is 69.7 cm³/mol. The van der Waals surface area contributed by atoms with Crippen LogP contribution in [0.15, 0.2) is 6.07 Å². The van der Waals surface area contributed by atoms with Crippen LogP contribution in [0.25, 0.3) is 0 Å². The van der Waals surface area contributed by atoms with Crippen molar-refractivity contribution >= 4 is 11.6 Å². The number of halogens is 3. The van der Waals surface area contributed by atoms with Crippen molar-refractivity contribution in [3.63, 3.8) is 0 Å². The zero-order chi connectivity index (χ0) is 14.9. The van der Waals surface area contributed by atoms with Gasteiger partial charge in [0.25, 0.3) is 0 Å². The summed E-state index contributed by atoms with van der Waals surface area (Å²) in [5.41, 5.74) is 8.36. The number of aromatic nitrogens is 2. The number of hydrogen-bond acceptors (Lipinski definition) is 5. The normalized spacial score (nSPS) is 24.6. The van der Waals surface area contributed by atoms with Gasteiger partial charge in [-0.15, -0.1) is 0 Å². The van der Waals surface area contributed by atoms with Gasteiger partial charge in [0.2, 0.25) is 5.82 Å². The molecule has 2 heterocycles. The third-order valence-corrected chi connectivity index (χ3v) is 3.44. The van der Waals surface area contributed by atoms with Gasteiger partial charge in [0.1, 0.15) is 11.6 Å². The summed E-state index contributed by atoms with van der Waals surface area (Å²) in [7, 11) is 0. The molecule has 1 fully saturated rings. The Morgan fingerprint density at radius 3 is 2.40 bits per heavy atom. The number of rotatable bonds is 2. The molecular formula is C12H18F3N5.